The summed E-state index contributed by atoms with van der Waals surface area (Å²) < 4.78 is 0. The molecule has 0 radical (unpaired) electrons. The Balaban J connectivity index is 2.50. The second-order valence-electron chi connectivity index (χ2n) is 4.25. The molecule has 1 aliphatic heterocycles. The summed E-state index contributed by atoms with van der Waals surface area (Å²) in [6.07, 6.45) is 0.502. The van der Waals surface area contributed by atoms with Crippen LogP contribution >= 0.6 is 0 Å². The molecule has 1 saturated heterocycles. The van der Waals surface area contributed by atoms with Gasteiger partial charge in [0.05, 0.1) is 6.10 Å². The van der Waals surface area contributed by atoms with Crippen LogP contribution in [-0.4, -0.2) is 41.7 Å². The molecule has 82 valence electrons. The van der Waals surface area contributed by atoms with E-state index >= 15 is 0 Å². The van der Waals surface area contributed by atoms with Gasteiger partial charge in [-0.15, -0.1) is 0 Å². The van der Waals surface area contributed by atoms with Gasteiger partial charge in [0.25, 0.3) is 0 Å². The average molecular weight is 200 g/mol. The first-order chi connectivity index (χ1) is 6.56. The summed E-state index contributed by atoms with van der Waals surface area (Å²) in [5.74, 6) is 0.237. The standard InChI is InChI=1S/C10H20N2O2/c1-7-3-4-12(6-9(7)13)10(14)8(2)5-11/h7-9,13H,3-6,11H2,1-2H3. The molecule has 1 rings (SSSR count). The number of β-amino-alcohol motifs (C(OH)–C–C–N with tert-alkyl or cyclic N) is 1. The Labute approximate surface area is 85.1 Å². The predicted molar refractivity (Wildman–Crippen MR) is 54.6 cm³/mol. The summed E-state index contributed by atoms with van der Waals surface area (Å²) in [5.41, 5.74) is 5.43. The number of amides is 1. The maximum absolute atomic E-state index is 11.7. The molecular formula is C10H20N2O2. The molecule has 3 unspecified atom stereocenters. The number of hydrogen-bond acceptors (Lipinski definition) is 3. The van der Waals surface area contributed by atoms with Gasteiger partial charge < -0.3 is 15.7 Å². The molecule has 0 aromatic heterocycles. The van der Waals surface area contributed by atoms with E-state index in [9.17, 15) is 9.90 Å². The Morgan fingerprint density at radius 1 is 1.71 bits per heavy atom. The first-order valence-electron chi connectivity index (χ1n) is 5.23. The van der Waals surface area contributed by atoms with Crippen LogP contribution in [-0.2, 0) is 4.79 Å². The number of piperidine rings is 1. The van der Waals surface area contributed by atoms with Gasteiger partial charge in [-0.1, -0.05) is 13.8 Å². The Bertz CT molecular complexity index is 208. The predicted octanol–water partition coefficient (Wildman–Crippen LogP) is -0.189. The van der Waals surface area contributed by atoms with Crippen LogP contribution in [0.3, 0.4) is 0 Å². The largest absolute Gasteiger partial charge is 0.391 e. The van der Waals surface area contributed by atoms with Crippen LogP contribution in [0.15, 0.2) is 0 Å². The highest BCUT2D eigenvalue weighted by Gasteiger charge is 2.28. The zero-order valence-corrected chi connectivity index (χ0v) is 8.94. The molecule has 0 aromatic rings. The third-order valence-electron chi connectivity index (χ3n) is 3.01. The van der Waals surface area contributed by atoms with Crippen molar-refractivity contribution in [2.24, 2.45) is 17.6 Å². The van der Waals surface area contributed by atoms with Crippen LogP contribution in [0, 0.1) is 11.8 Å². The summed E-state index contributed by atoms with van der Waals surface area (Å²) in [5, 5.41) is 9.63. The van der Waals surface area contributed by atoms with Crippen LogP contribution in [0.25, 0.3) is 0 Å². The topological polar surface area (TPSA) is 66.6 Å². The molecule has 4 nitrogen and oxygen atoms in total. The number of nitrogens with two attached hydrogens (primary N) is 1. The van der Waals surface area contributed by atoms with E-state index < -0.39 is 0 Å². The van der Waals surface area contributed by atoms with Crippen molar-refractivity contribution in [3.8, 4) is 0 Å². The summed E-state index contributed by atoms with van der Waals surface area (Å²) in [6, 6.07) is 0. The zero-order chi connectivity index (χ0) is 10.7. The molecule has 0 bridgehead atoms. The second kappa shape index (κ2) is 4.75. The van der Waals surface area contributed by atoms with Crippen molar-refractivity contribution in [3.05, 3.63) is 0 Å². The Morgan fingerprint density at radius 2 is 2.36 bits per heavy atom. The summed E-state index contributed by atoms with van der Waals surface area (Å²) >= 11 is 0. The van der Waals surface area contributed by atoms with E-state index in [4.69, 9.17) is 5.73 Å². The van der Waals surface area contributed by atoms with Crippen molar-refractivity contribution >= 4 is 5.91 Å². The van der Waals surface area contributed by atoms with E-state index in [1.54, 1.807) is 4.90 Å². The lowest BCUT2D eigenvalue weighted by Crippen LogP contribution is -2.48. The fraction of sp³-hybridized carbons (Fsp3) is 0.900. The smallest absolute Gasteiger partial charge is 0.226 e. The fourth-order valence-electron chi connectivity index (χ4n) is 1.66. The fourth-order valence-corrected chi connectivity index (χ4v) is 1.66. The molecule has 3 atom stereocenters. The number of aliphatic hydroxyl groups excluding tert-OH is 1. The van der Waals surface area contributed by atoms with Crippen molar-refractivity contribution < 1.29 is 9.90 Å². The monoisotopic (exact) mass is 200 g/mol. The molecule has 14 heavy (non-hydrogen) atoms. The third kappa shape index (κ3) is 2.45. The van der Waals surface area contributed by atoms with Crippen molar-refractivity contribution in [2.75, 3.05) is 19.6 Å². The van der Waals surface area contributed by atoms with Crippen LogP contribution in [0.5, 0.6) is 0 Å². The minimum Gasteiger partial charge on any atom is -0.391 e. The number of likely N-dealkylation sites (tertiary alicyclic amines) is 1. The molecule has 0 spiro atoms. The van der Waals surface area contributed by atoms with E-state index in [0.29, 0.717) is 19.0 Å². The third-order valence-corrected chi connectivity index (χ3v) is 3.01. The van der Waals surface area contributed by atoms with E-state index in [1.807, 2.05) is 13.8 Å². The van der Waals surface area contributed by atoms with Gasteiger partial charge >= 0.3 is 0 Å². The molecule has 1 fully saturated rings. The summed E-state index contributed by atoms with van der Waals surface area (Å²) in [4.78, 5) is 13.4. The Morgan fingerprint density at radius 3 is 2.86 bits per heavy atom. The summed E-state index contributed by atoms with van der Waals surface area (Å²) in [7, 11) is 0. The maximum atomic E-state index is 11.7. The lowest BCUT2D eigenvalue weighted by Gasteiger charge is -2.35. The van der Waals surface area contributed by atoms with Crippen molar-refractivity contribution in [1.82, 2.24) is 4.90 Å². The second-order valence-corrected chi connectivity index (χ2v) is 4.25. The van der Waals surface area contributed by atoms with E-state index in [1.165, 1.54) is 0 Å². The van der Waals surface area contributed by atoms with Crippen molar-refractivity contribution in [2.45, 2.75) is 26.4 Å². The number of rotatable bonds is 2. The SMILES string of the molecule is CC(CN)C(=O)N1CCC(C)C(O)C1. The van der Waals surface area contributed by atoms with Crippen molar-refractivity contribution in [3.63, 3.8) is 0 Å². The highest BCUT2D eigenvalue weighted by atomic mass is 16.3. The van der Waals surface area contributed by atoms with Crippen molar-refractivity contribution in [1.29, 1.82) is 0 Å². The molecule has 0 aromatic carbocycles. The minimum atomic E-state index is -0.377. The molecule has 0 saturated carbocycles. The van der Waals surface area contributed by atoms with Gasteiger partial charge in [-0.05, 0) is 12.3 Å². The first-order valence-corrected chi connectivity index (χ1v) is 5.23. The van der Waals surface area contributed by atoms with Gasteiger partial charge in [0.2, 0.25) is 5.91 Å². The highest BCUT2D eigenvalue weighted by Crippen LogP contribution is 2.18. The van der Waals surface area contributed by atoms with Crippen LogP contribution in [0.4, 0.5) is 0 Å². The normalized spacial score (nSPS) is 30.1. The number of aliphatic hydroxyl groups is 1. The summed E-state index contributed by atoms with van der Waals surface area (Å²) in [6.45, 7) is 5.43. The molecule has 4 heteroatoms. The van der Waals surface area contributed by atoms with E-state index in [-0.39, 0.29) is 17.9 Å². The van der Waals surface area contributed by atoms with Crippen LogP contribution in [0.1, 0.15) is 20.3 Å². The molecule has 3 N–H and O–H groups in total. The first kappa shape index (κ1) is 11.5. The molecule has 0 aliphatic carbocycles. The van der Waals surface area contributed by atoms with Crippen LogP contribution < -0.4 is 5.73 Å². The molecule has 1 amide bonds. The average Bonchev–Trinajstić information content (AvgIpc) is 2.20. The zero-order valence-electron chi connectivity index (χ0n) is 8.94. The van der Waals surface area contributed by atoms with Crippen LogP contribution in [0.2, 0.25) is 0 Å². The number of carbonyl (C=O) groups excluding carboxylic acids is 1. The van der Waals surface area contributed by atoms with Gasteiger partial charge in [0.15, 0.2) is 0 Å². The van der Waals surface area contributed by atoms with Gasteiger partial charge in [-0.25, -0.2) is 0 Å². The van der Waals surface area contributed by atoms with E-state index in [2.05, 4.69) is 0 Å². The lowest BCUT2D eigenvalue weighted by atomic mass is 9.95. The van der Waals surface area contributed by atoms with Gasteiger partial charge in [-0.3, -0.25) is 4.79 Å². The molecular weight excluding hydrogens is 180 g/mol. The van der Waals surface area contributed by atoms with Gasteiger partial charge in [0, 0.05) is 25.6 Å². The molecule has 1 heterocycles. The lowest BCUT2D eigenvalue weighted by molar-refractivity contribution is -0.138. The van der Waals surface area contributed by atoms with E-state index in [0.717, 1.165) is 13.0 Å². The van der Waals surface area contributed by atoms with Gasteiger partial charge in [-0.2, -0.15) is 0 Å². The Kier molecular flexibility index (Phi) is 3.89. The molecule has 1 aliphatic rings. The Hall–Kier alpha value is -0.610. The maximum Gasteiger partial charge on any atom is 0.226 e. The highest BCUT2D eigenvalue weighted by molar-refractivity contribution is 5.78. The number of nitrogens with zero attached hydrogens (tertiary/aromatic N) is 1. The number of hydrogen-bond donors (Lipinski definition) is 2. The minimum absolute atomic E-state index is 0.0680. The number of carbonyl (C=O) groups is 1. The quantitative estimate of drug-likeness (QED) is 0.649. The van der Waals surface area contributed by atoms with Gasteiger partial charge in [0.1, 0.15) is 0 Å².